The Kier molecular flexibility index (Phi) is 3.64. The number of benzene rings is 2. The number of rotatable bonds is 4. The van der Waals surface area contributed by atoms with Crippen LogP contribution in [-0.2, 0) is 4.79 Å². The Morgan fingerprint density at radius 3 is 2.59 bits per heavy atom. The van der Waals surface area contributed by atoms with E-state index in [1.165, 1.54) is 0 Å². The van der Waals surface area contributed by atoms with Gasteiger partial charge in [-0.1, -0.05) is 46.3 Å². The van der Waals surface area contributed by atoms with Gasteiger partial charge in [0.05, 0.1) is 5.33 Å². The van der Waals surface area contributed by atoms with Gasteiger partial charge in [-0.3, -0.25) is 0 Å². The summed E-state index contributed by atoms with van der Waals surface area (Å²) in [7, 11) is 0. The highest BCUT2D eigenvalue weighted by Crippen LogP contribution is 2.21. The maximum absolute atomic E-state index is 10.8. The Labute approximate surface area is 107 Å². The average molecular weight is 295 g/mol. The minimum Gasteiger partial charge on any atom is -0.478 e. The van der Waals surface area contributed by atoms with Gasteiger partial charge in [-0.25, -0.2) is 4.79 Å². The van der Waals surface area contributed by atoms with Crippen LogP contribution in [0.4, 0.5) is 0 Å². The van der Waals surface area contributed by atoms with Crippen LogP contribution < -0.4 is 4.74 Å². The third-order valence-corrected chi connectivity index (χ3v) is 3.00. The van der Waals surface area contributed by atoms with E-state index < -0.39 is 12.1 Å². The van der Waals surface area contributed by atoms with E-state index in [4.69, 9.17) is 9.84 Å². The van der Waals surface area contributed by atoms with Gasteiger partial charge in [0.2, 0.25) is 6.10 Å². The number of ether oxygens (including phenoxy) is 1. The fraction of sp³-hybridized carbons (Fsp3) is 0.154. The second-order valence-corrected chi connectivity index (χ2v) is 4.26. The smallest absolute Gasteiger partial charge is 0.345 e. The third-order valence-electron chi connectivity index (χ3n) is 2.41. The summed E-state index contributed by atoms with van der Waals surface area (Å²) < 4.78 is 5.39. The van der Waals surface area contributed by atoms with Crippen molar-refractivity contribution in [3.8, 4) is 5.75 Å². The second-order valence-electron chi connectivity index (χ2n) is 3.61. The number of aliphatic carboxylic acids is 1. The van der Waals surface area contributed by atoms with E-state index in [2.05, 4.69) is 15.9 Å². The maximum Gasteiger partial charge on any atom is 0.345 e. The molecular formula is C13H11BrO3. The van der Waals surface area contributed by atoms with E-state index in [-0.39, 0.29) is 5.33 Å². The first-order valence-corrected chi connectivity index (χ1v) is 6.27. The summed E-state index contributed by atoms with van der Waals surface area (Å²) in [6.07, 6.45) is -0.865. The van der Waals surface area contributed by atoms with Crippen LogP contribution in [0.5, 0.6) is 5.75 Å². The van der Waals surface area contributed by atoms with Crippen molar-refractivity contribution in [3.05, 3.63) is 42.5 Å². The number of fused-ring (bicyclic) bond motifs is 1. The first-order chi connectivity index (χ1) is 8.20. The first-order valence-electron chi connectivity index (χ1n) is 5.15. The van der Waals surface area contributed by atoms with Crippen LogP contribution in [0.1, 0.15) is 0 Å². The first kappa shape index (κ1) is 11.9. The minimum absolute atomic E-state index is 0.259. The van der Waals surface area contributed by atoms with Gasteiger partial charge in [-0.2, -0.15) is 0 Å². The molecule has 0 spiro atoms. The number of carboxylic acid groups (broad SMARTS) is 1. The summed E-state index contributed by atoms with van der Waals surface area (Å²) in [5.74, 6) is -0.411. The topological polar surface area (TPSA) is 46.5 Å². The lowest BCUT2D eigenvalue weighted by Gasteiger charge is -2.12. The molecule has 0 radical (unpaired) electrons. The van der Waals surface area contributed by atoms with E-state index in [0.29, 0.717) is 5.75 Å². The molecule has 0 saturated heterocycles. The lowest BCUT2D eigenvalue weighted by Crippen LogP contribution is -2.28. The van der Waals surface area contributed by atoms with Gasteiger partial charge >= 0.3 is 5.97 Å². The van der Waals surface area contributed by atoms with E-state index in [9.17, 15) is 4.79 Å². The molecule has 2 rings (SSSR count). The average Bonchev–Trinajstić information content (AvgIpc) is 2.35. The zero-order chi connectivity index (χ0) is 12.3. The van der Waals surface area contributed by atoms with Crippen molar-refractivity contribution >= 4 is 32.7 Å². The van der Waals surface area contributed by atoms with Gasteiger partial charge in [0, 0.05) is 0 Å². The molecule has 2 aromatic rings. The maximum atomic E-state index is 10.8. The molecule has 0 bridgehead atoms. The van der Waals surface area contributed by atoms with E-state index in [0.717, 1.165) is 10.8 Å². The molecular weight excluding hydrogens is 284 g/mol. The number of halogens is 1. The highest BCUT2D eigenvalue weighted by molar-refractivity contribution is 9.09. The summed E-state index contributed by atoms with van der Waals surface area (Å²) in [6.45, 7) is 0. The fourth-order valence-corrected chi connectivity index (χ4v) is 1.96. The van der Waals surface area contributed by atoms with Crippen molar-refractivity contribution in [3.63, 3.8) is 0 Å². The number of carboxylic acids is 1. The molecule has 2 aromatic carbocycles. The van der Waals surface area contributed by atoms with E-state index >= 15 is 0 Å². The zero-order valence-electron chi connectivity index (χ0n) is 8.97. The monoisotopic (exact) mass is 294 g/mol. The predicted octanol–water partition coefficient (Wildman–Crippen LogP) is 3.07. The fourth-order valence-electron chi connectivity index (χ4n) is 1.55. The summed E-state index contributed by atoms with van der Waals surface area (Å²) >= 11 is 3.12. The normalized spacial score (nSPS) is 12.3. The highest BCUT2D eigenvalue weighted by Gasteiger charge is 2.17. The van der Waals surface area contributed by atoms with E-state index in [1.807, 2.05) is 36.4 Å². The van der Waals surface area contributed by atoms with Crippen LogP contribution in [0, 0.1) is 0 Å². The van der Waals surface area contributed by atoms with Crippen LogP contribution in [0.15, 0.2) is 42.5 Å². The molecule has 1 unspecified atom stereocenters. The Morgan fingerprint density at radius 2 is 1.94 bits per heavy atom. The van der Waals surface area contributed by atoms with Crippen molar-refractivity contribution in [1.82, 2.24) is 0 Å². The van der Waals surface area contributed by atoms with Gasteiger partial charge in [0.1, 0.15) is 5.75 Å². The molecule has 0 fully saturated rings. The molecule has 1 N–H and O–H groups in total. The van der Waals surface area contributed by atoms with Crippen molar-refractivity contribution in [2.24, 2.45) is 0 Å². The van der Waals surface area contributed by atoms with Crippen molar-refractivity contribution in [2.75, 3.05) is 5.33 Å². The third kappa shape index (κ3) is 2.77. The van der Waals surface area contributed by atoms with Gasteiger partial charge in [0.25, 0.3) is 0 Å². The van der Waals surface area contributed by atoms with Crippen molar-refractivity contribution in [1.29, 1.82) is 0 Å². The molecule has 17 heavy (non-hydrogen) atoms. The van der Waals surface area contributed by atoms with Crippen LogP contribution in [0.3, 0.4) is 0 Å². The van der Waals surface area contributed by atoms with E-state index in [1.54, 1.807) is 6.07 Å². The molecule has 0 aliphatic rings. The Morgan fingerprint density at radius 1 is 1.24 bits per heavy atom. The number of carbonyl (C=O) groups is 1. The molecule has 0 amide bonds. The SMILES string of the molecule is O=C(O)C(CBr)Oc1ccc2ccccc2c1. The standard InChI is InChI=1S/C13H11BrO3/c14-8-12(13(15)16)17-11-6-5-9-3-1-2-4-10(9)7-11/h1-7,12H,8H2,(H,15,16). The summed E-state index contributed by atoms with van der Waals surface area (Å²) in [6, 6.07) is 13.4. The van der Waals surface area contributed by atoms with Gasteiger partial charge in [-0.05, 0) is 22.9 Å². The van der Waals surface area contributed by atoms with Crippen LogP contribution in [-0.4, -0.2) is 22.5 Å². The molecule has 0 saturated carbocycles. The highest BCUT2D eigenvalue weighted by atomic mass is 79.9. The summed E-state index contributed by atoms with van der Waals surface area (Å²) in [4.78, 5) is 10.8. The van der Waals surface area contributed by atoms with Gasteiger partial charge in [-0.15, -0.1) is 0 Å². The van der Waals surface area contributed by atoms with Crippen molar-refractivity contribution in [2.45, 2.75) is 6.10 Å². The van der Waals surface area contributed by atoms with Crippen LogP contribution in [0.25, 0.3) is 10.8 Å². The summed E-state index contributed by atoms with van der Waals surface area (Å²) in [5, 5.41) is 11.3. The Hall–Kier alpha value is -1.55. The van der Waals surface area contributed by atoms with Gasteiger partial charge < -0.3 is 9.84 Å². The lowest BCUT2D eigenvalue weighted by molar-refractivity contribution is -0.143. The zero-order valence-corrected chi connectivity index (χ0v) is 10.6. The Bertz CT molecular complexity index is 539. The largest absolute Gasteiger partial charge is 0.478 e. The Balaban J connectivity index is 2.27. The van der Waals surface area contributed by atoms with Crippen LogP contribution >= 0.6 is 15.9 Å². The molecule has 4 heteroatoms. The lowest BCUT2D eigenvalue weighted by atomic mass is 10.1. The molecule has 0 heterocycles. The molecule has 3 nitrogen and oxygen atoms in total. The van der Waals surface area contributed by atoms with Crippen molar-refractivity contribution < 1.29 is 14.6 Å². The quantitative estimate of drug-likeness (QED) is 0.882. The second kappa shape index (κ2) is 5.19. The van der Waals surface area contributed by atoms with Gasteiger partial charge in [0.15, 0.2) is 0 Å². The molecule has 0 aliphatic heterocycles. The predicted molar refractivity (Wildman–Crippen MR) is 69.8 cm³/mol. The number of hydrogen-bond acceptors (Lipinski definition) is 2. The molecule has 0 aliphatic carbocycles. The van der Waals surface area contributed by atoms with Crippen LogP contribution in [0.2, 0.25) is 0 Å². The minimum atomic E-state index is -0.977. The molecule has 88 valence electrons. The summed E-state index contributed by atoms with van der Waals surface area (Å²) in [5.41, 5.74) is 0. The molecule has 1 atom stereocenters. The molecule has 0 aromatic heterocycles. The number of hydrogen-bond donors (Lipinski definition) is 1. The number of alkyl halides is 1.